The second kappa shape index (κ2) is 7.00. The van der Waals surface area contributed by atoms with Crippen LogP contribution in [0.1, 0.15) is 31.2 Å². The van der Waals surface area contributed by atoms with Crippen LogP contribution in [0.4, 0.5) is 10.2 Å². The van der Waals surface area contributed by atoms with Crippen LogP contribution in [0.2, 0.25) is 5.02 Å². The van der Waals surface area contributed by atoms with E-state index in [0.29, 0.717) is 23.8 Å². The Morgan fingerprint density at radius 1 is 1.31 bits per heavy atom. The lowest BCUT2D eigenvalue weighted by Crippen LogP contribution is -2.43. The quantitative estimate of drug-likeness (QED) is 0.890. The van der Waals surface area contributed by atoms with Crippen molar-refractivity contribution in [2.45, 2.75) is 33.6 Å². The van der Waals surface area contributed by atoms with Crippen molar-refractivity contribution >= 4 is 17.4 Å². The van der Waals surface area contributed by atoms with E-state index >= 15 is 0 Å². The number of hydrogen-bond donors (Lipinski definition) is 1. The van der Waals surface area contributed by atoms with Gasteiger partial charge < -0.3 is 10.6 Å². The predicted molar refractivity (Wildman–Crippen MR) is 103 cm³/mol. The third-order valence-corrected chi connectivity index (χ3v) is 5.82. The van der Waals surface area contributed by atoms with Crippen LogP contribution in [0.15, 0.2) is 23.0 Å². The van der Waals surface area contributed by atoms with Gasteiger partial charge in [-0.3, -0.25) is 9.36 Å². The van der Waals surface area contributed by atoms with Crippen molar-refractivity contribution < 1.29 is 4.39 Å². The molecule has 1 aliphatic rings. The number of hydrogen-bond acceptors (Lipinski definition) is 4. The SMILES string of the molecule is Cc1ccc(F)c(-n2c(C)nc(N3CCC(C)(CN)CC3)cc2=O)c1Cl. The fourth-order valence-electron chi connectivity index (χ4n) is 3.34. The van der Waals surface area contributed by atoms with Gasteiger partial charge in [0.25, 0.3) is 5.56 Å². The topological polar surface area (TPSA) is 64.2 Å². The molecule has 2 heterocycles. The molecular formula is C19H24ClFN4O. The lowest BCUT2D eigenvalue weighted by Gasteiger charge is -2.39. The molecule has 0 spiro atoms. The van der Waals surface area contributed by atoms with E-state index in [1.807, 2.05) is 0 Å². The van der Waals surface area contributed by atoms with Crippen LogP contribution in [0, 0.1) is 25.1 Å². The average molecular weight is 379 g/mol. The minimum absolute atomic E-state index is 0.0579. The molecule has 0 radical (unpaired) electrons. The van der Waals surface area contributed by atoms with Gasteiger partial charge in [0.1, 0.15) is 23.1 Å². The number of halogens is 2. The Morgan fingerprint density at radius 3 is 2.54 bits per heavy atom. The summed E-state index contributed by atoms with van der Waals surface area (Å²) in [4.78, 5) is 19.4. The van der Waals surface area contributed by atoms with Gasteiger partial charge in [-0.25, -0.2) is 9.37 Å². The number of anilines is 1. The summed E-state index contributed by atoms with van der Waals surface area (Å²) < 4.78 is 15.6. The van der Waals surface area contributed by atoms with E-state index in [2.05, 4.69) is 16.8 Å². The smallest absolute Gasteiger partial charge is 0.260 e. The second-order valence-corrected chi connectivity index (χ2v) is 7.74. The predicted octanol–water partition coefficient (Wildman–Crippen LogP) is 3.21. The van der Waals surface area contributed by atoms with Gasteiger partial charge in [0.15, 0.2) is 0 Å². The summed E-state index contributed by atoms with van der Waals surface area (Å²) in [6, 6.07) is 4.36. The van der Waals surface area contributed by atoms with Crippen molar-refractivity contribution in [3.05, 3.63) is 50.8 Å². The Bertz CT molecular complexity index is 888. The summed E-state index contributed by atoms with van der Waals surface area (Å²) in [7, 11) is 0. The minimum atomic E-state index is -0.544. The van der Waals surface area contributed by atoms with Gasteiger partial charge in [-0.1, -0.05) is 24.6 Å². The first-order chi connectivity index (χ1) is 12.3. The maximum Gasteiger partial charge on any atom is 0.260 e. The summed E-state index contributed by atoms with van der Waals surface area (Å²) in [6.07, 6.45) is 1.90. The molecule has 2 aromatic rings. The molecule has 1 aromatic carbocycles. The molecule has 1 aliphatic heterocycles. The second-order valence-electron chi connectivity index (χ2n) is 7.36. The monoisotopic (exact) mass is 378 g/mol. The Balaban J connectivity index is 1.99. The highest BCUT2D eigenvalue weighted by atomic mass is 35.5. The number of rotatable bonds is 3. The zero-order valence-corrected chi connectivity index (χ0v) is 16.1. The van der Waals surface area contributed by atoms with E-state index < -0.39 is 5.82 Å². The van der Waals surface area contributed by atoms with Gasteiger partial charge in [0.2, 0.25) is 0 Å². The lowest BCUT2D eigenvalue weighted by atomic mass is 9.80. The van der Waals surface area contributed by atoms with Crippen molar-refractivity contribution in [1.82, 2.24) is 9.55 Å². The molecule has 0 amide bonds. The third-order valence-electron chi connectivity index (χ3n) is 5.34. The fourth-order valence-corrected chi connectivity index (χ4v) is 3.58. The normalized spacial score (nSPS) is 16.8. The summed E-state index contributed by atoms with van der Waals surface area (Å²) >= 11 is 6.26. The molecule has 0 bridgehead atoms. The molecule has 0 saturated carbocycles. The van der Waals surface area contributed by atoms with E-state index in [1.54, 1.807) is 19.9 Å². The average Bonchev–Trinajstić information content (AvgIpc) is 2.61. The first-order valence-electron chi connectivity index (χ1n) is 8.76. The Morgan fingerprint density at radius 2 is 1.96 bits per heavy atom. The molecule has 1 fully saturated rings. The van der Waals surface area contributed by atoms with Crippen molar-refractivity contribution in [2.75, 3.05) is 24.5 Å². The van der Waals surface area contributed by atoms with Gasteiger partial charge >= 0.3 is 0 Å². The molecule has 1 aromatic heterocycles. The molecule has 0 aliphatic carbocycles. The molecule has 0 unspecified atom stereocenters. The van der Waals surface area contributed by atoms with Crippen LogP contribution in [0.3, 0.4) is 0 Å². The Hall–Kier alpha value is -1.92. The summed E-state index contributed by atoms with van der Waals surface area (Å²) in [5.74, 6) is 0.482. The number of nitrogens with two attached hydrogens (primary N) is 1. The molecule has 0 atom stereocenters. The van der Waals surface area contributed by atoms with Gasteiger partial charge in [0.05, 0.1) is 5.02 Å². The molecule has 3 rings (SSSR count). The number of benzene rings is 1. The number of nitrogens with zero attached hydrogens (tertiary/aromatic N) is 3. The van der Waals surface area contributed by atoms with E-state index in [0.717, 1.165) is 25.9 Å². The van der Waals surface area contributed by atoms with Crippen LogP contribution in [0.25, 0.3) is 5.69 Å². The summed E-state index contributed by atoms with van der Waals surface area (Å²) in [5.41, 5.74) is 6.42. The highest BCUT2D eigenvalue weighted by molar-refractivity contribution is 6.33. The Labute approximate surface area is 157 Å². The molecule has 5 nitrogen and oxygen atoms in total. The van der Waals surface area contributed by atoms with Crippen LogP contribution < -0.4 is 16.2 Å². The van der Waals surface area contributed by atoms with Crippen LogP contribution in [-0.2, 0) is 0 Å². The zero-order chi connectivity index (χ0) is 19.1. The van der Waals surface area contributed by atoms with Gasteiger partial charge in [-0.15, -0.1) is 0 Å². The van der Waals surface area contributed by atoms with E-state index in [1.165, 1.54) is 16.7 Å². The maximum absolute atomic E-state index is 14.4. The molecule has 2 N–H and O–H groups in total. The van der Waals surface area contributed by atoms with Crippen LogP contribution in [0.5, 0.6) is 0 Å². The van der Waals surface area contributed by atoms with E-state index in [-0.39, 0.29) is 21.7 Å². The van der Waals surface area contributed by atoms with Crippen LogP contribution >= 0.6 is 11.6 Å². The zero-order valence-electron chi connectivity index (χ0n) is 15.4. The highest BCUT2D eigenvalue weighted by Crippen LogP contribution is 2.31. The lowest BCUT2D eigenvalue weighted by molar-refractivity contribution is 0.258. The van der Waals surface area contributed by atoms with E-state index in [4.69, 9.17) is 17.3 Å². The number of aryl methyl sites for hydroxylation is 2. The third kappa shape index (κ3) is 3.35. The van der Waals surface area contributed by atoms with Crippen molar-refractivity contribution in [1.29, 1.82) is 0 Å². The molecule has 1 saturated heterocycles. The maximum atomic E-state index is 14.4. The van der Waals surface area contributed by atoms with Gasteiger partial charge in [-0.05, 0) is 50.3 Å². The van der Waals surface area contributed by atoms with Gasteiger partial charge in [0, 0.05) is 19.2 Å². The molecule has 26 heavy (non-hydrogen) atoms. The molecular weight excluding hydrogens is 355 g/mol. The summed E-state index contributed by atoms with van der Waals surface area (Å²) in [6.45, 7) is 7.89. The Kier molecular flexibility index (Phi) is 5.08. The van der Waals surface area contributed by atoms with E-state index in [9.17, 15) is 9.18 Å². The van der Waals surface area contributed by atoms with Crippen LogP contribution in [-0.4, -0.2) is 29.2 Å². The first-order valence-corrected chi connectivity index (χ1v) is 9.14. The minimum Gasteiger partial charge on any atom is -0.356 e. The molecule has 140 valence electrons. The fraction of sp³-hybridized carbons (Fsp3) is 0.474. The largest absolute Gasteiger partial charge is 0.356 e. The first kappa shape index (κ1) is 18.9. The number of aromatic nitrogens is 2. The number of piperidine rings is 1. The molecule has 7 heteroatoms. The van der Waals surface area contributed by atoms with Crippen molar-refractivity contribution in [2.24, 2.45) is 11.1 Å². The van der Waals surface area contributed by atoms with Crippen molar-refractivity contribution in [3.63, 3.8) is 0 Å². The highest BCUT2D eigenvalue weighted by Gasteiger charge is 2.29. The standard InChI is InChI=1S/C19H24ClFN4O/c1-12-4-5-14(21)18(17(12)20)25-13(2)23-15(10-16(25)26)24-8-6-19(3,11-22)7-9-24/h4-5,10H,6-9,11,22H2,1-3H3. The summed E-state index contributed by atoms with van der Waals surface area (Å²) in [5, 5.41) is 0.224. The van der Waals surface area contributed by atoms with Crippen molar-refractivity contribution in [3.8, 4) is 5.69 Å². The van der Waals surface area contributed by atoms with Gasteiger partial charge in [-0.2, -0.15) is 0 Å².